The van der Waals surface area contributed by atoms with E-state index < -0.39 is 15.9 Å². The summed E-state index contributed by atoms with van der Waals surface area (Å²) in [7, 11) is -0.840. The van der Waals surface area contributed by atoms with Crippen molar-refractivity contribution in [3.05, 3.63) is 75.4 Å². The Hall–Kier alpha value is -2.20. The number of nitrogens with zero attached hydrogens (tertiary/aromatic N) is 3. The molecule has 0 spiro atoms. The molecule has 0 aliphatic rings. The molecule has 3 rings (SSSR count). The molecule has 3 aromatic rings. The second kappa shape index (κ2) is 8.66. The van der Waals surface area contributed by atoms with Crippen molar-refractivity contribution in [2.75, 3.05) is 19.4 Å². The van der Waals surface area contributed by atoms with E-state index in [2.05, 4.69) is 26.3 Å². The molecule has 1 N–H and O–H groups in total. The molecular weight excluding hydrogens is 480 g/mol. The van der Waals surface area contributed by atoms with E-state index in [9.17, 15) is 13.2 Å². The first kappa shape index (κ1) is 21.5. The SMILES string of the molecule is CN(C)S(=O)(=O)c1cc(C(=O)Nc2ccnn2Cc2ccccc2Cl)ccc1Br. The van der Waals surface area contributed by atoms with E-state index in [1.54, 1.807) is 29.1 Å². The summed E-state index contributed by atoms with van der Waals surface area (Å²) in [6, 6.07) is 13.4. The number of nitrogens with one attached hydrogen (secondary N) is 1. The van der Waals surface area contributed by atoms with Crippen LogP contribution >= 0.6 is 27.5 Å². The Morgan fingerprint density at radius 1 is 1.21 bits per heavy atom. The fourth-order valence-electron chi connectivity index (χ4n) is 2.58. The Labute approximate surface area is 182 Å². The van der Waals surface area contributed by atoms with Gasteiger partial charge >= 0.3 is 0 Å². The molecule has 0 unspecified atom stereocenters. The zero-order valence-corrected chi connectivity index (χ0v) is 18.8. The quantitative estimate of drug-likeness (QED) is 0.561. The monoisotopic (exact) mass is 496 g/mol. The first-order valence-electron chi connectivity index (χ1n) is 8.49. The fraction of sp³-hybridized carbons (Fsp3) is 0.158. The third-order valence-corrected chi connectivity index (χ3v) is 7.37. The van der Waals surface area contributed by atoms with Gasteiger partial charge in [0, 0.05) is 35.2 Å². The van der Waals surface area contributed by atoms with E-state index in [1.165, 1.54) is 26.2 Å². The van der Waals surface area contributed by atoms with Crippen LogP contribution in [0, 0.1) is 0 Å². The summed E-state index contributed by atoms with van der Waals surface area (Å²) in [6.07, 6.45) is 1.57. The lowest BCUT2D eigenvalue weighted by Crippen LogP contribution is -2.23. The highest BCUT2D eigenvalue weighted by molar-refractivity contribution is 9.10. The van der Waals surface area contributed by atoms with Gasteiger partial charge in [0.25, 0.3) is 5.91 Å². The zero-order valence-electron chi connectivity index (χ0n) is 15.6. The topological polar surface area (TPSA) is 84.3 Å². The number of anilines is 1. The summed E-state index contributed by atoms with van der Waals surface area (Å²) < 4.78 is 28.0. The molecule has 2 aromatic carbocycles. The molecule has 0 aliphatic carbocycles. The first-order valence-corrected chi connectivity index (χ1v) is 11.1. The highest BCUT2D eigenvalue weighted by Gasteiger charge is 2.22. The number of benzene rings is 2. The smallest absolute Gasteiger partial charge is 0.256 e. The summed E-state index contributed by atoms with van der Waals surface area (Å²) in [5.41, 5.74) is 1.07. The van der Waals surface area contributed by atoms with Crippen molar-refractivity contribution < 1.29 is 13.2 Å². The van der Waals surface area contributed by atoms with Gasteiger partial charge in [-0.1, -0.05) is 29.8 Å². The van der Waals surface area contributed by atoms with Crippen LogP contribution in [0.2, 0.25) is 5.02 Å². The molecule has 1 heterocycles. The fourth-order valence-corrected chi connectivity index (χ4v) is 4.62. The second-order valence-corrected chi connectivity index (χ2v) is 9.73. The molecule has 0 radical (unpaired) electrons. The molecule has 0 saturated heterocycles. The average Bonchev–Trinajstić information content (AvgIpc) is 3.10. The normalized spacial score (nSPS) is 11.6. The van der Waals surface area contributed by atoms with Crippen molar-refractivity contribution in [3.63, 3.8) is 0 Å². The molecule has 29 heavy (non-hydrogen) atoms. The van der Waals surface area contributed by atoms with Crippen LogP contribution in [0.4, 0.5) is 5.82 Å². The molecule has 0 bridgehead atoms. The van der Waals surface area contributed by atoms with Crippen LogP contribution in [-0.4, -0.2) is 42.5 Å². The zero-order chi connectivity index (χ0) is 21.2. The highest BCUT2D eigenvalue weighted by atomic mass is 79.9. The van der Waals surface area contributed by atoms with Crippen LogP contribution in [0.5, 0.6) is 0 Å². The van der Waals surface area contributed by atoms with Crippen LogP contribution in [0.25, 0.3) is 0 Å². The number of carbonyl (C=O) groups excluding carboxylic acids is 1. The summed E-state index contributed by atoms with van der Waals surface area (Å²) in [6.45, 7) is 0.378. The summed E-state index contributed by atoms with van der Waals surface area (Å²) in [5.74, 6) is 0.0171. The number of rotatable bonds is 6. The van der Waals surface area contributed by atoms with E-state index in [4.69, 9.17) is 11.6 Å². The lowest BCUT2D eigenvalue weighted by molar-refractivity contribution is 0.102. The van der Waals surface area contributed by atoms with E-state index in [0.29, 0.717) is 21.9 Å². The van der Waals surface area contributed by atoms with Gasteiger partial charge in [-0.15, -0.1) is 0 Å². The lowest BCUT2D eigenvalue weighted by Gasteiger charge is -2.14. The van der Waals surface area contributed by atoms with Gasteiger partial charge < -0.3 is 5.32 Å². The standard InChI is InChI=1S/C19H18BrClN4O3S/c1-24(2)29(27,28)17-11-13(7-8-15(17)20)19(26)23-18-9-10-22-25(18)12-14-5-3-4-6-16(14)21/h3-11H,12H2,1-2H3,(H,23,26). The third kappa shape index (κ3) is 4.69. The summed E-state index contributed by atoms with van der Waals surface area (Å²) >= 11 is 9.44. The van der Waals surface area contributed by atoms with Crippen LogP contribution in [0.1, 0.15) is 15.9 Å². The molecule has 0 atom stereocenters. The van der Waals surface area contributed by atoms with Crippen LogP contribution in [0.3, 0.4) is 0 Å². The molecule has 152 valence electrons. The van der Waals surface area contributed by atoms with Crippen molar-refractivity contribution in [2.45, 2.75) is 11.4 Å². The Kier molecular flexibility index (Phi) is 6.42. The van der Waals surface area contributed by atoms with Crippen molar-refractivity contribution in [3.8, 4) is 0 Å². The van der Waals surface area contributed by atoms with E-state index in [0.717, 1.165) is 9.87 Å². The number of amides is 1. The number of hydrogen-bond acceptors (Lipinski definition) is 4. The predicted octanol–water partition coefficient (Wildman–Crippen LogP) is 3.85. The van der Waals surface area contributed by atoms with Crippen molar-refractivity contribution in [2.24, 2.45) is 0 Å². The maximum atomic E-state index is 12.7. The van der Waals surface area contributed by atoms with Crippen molar-refractivity contribution >= 4 is 49.3 Å². The van der Waals surface area contributed by atoms with Crippen LogP contribution in [-0.2, 0) is 16.6 Å². The van der Waals surface area contributed by atoms with Crippen LogP contribution in [0.15, 0.2) is 64.1 Å². The lowest BCUT2D eigenvalue weighted by atomic mass is 10.2. The molecule has 0 saturated carbocycles. The van der Waals surface area contributed by atoms with Gasteiger partial charge in [-0.25, -0.2) is 17.4 Å². The van der Waals surface area contributed by atoms with E-state index >= 15 is 0 Å². The Morgan fingerprint density at radius 2 is 1.93 bits per heavy atom. The Morgan fingerprint density at radius 3 is 2.62 bits per heavy atom. The molecule has 0 fully saturated rings. The number of hydrogen-bond donors (Lipinski definition) is 1. The molecule has 7 nitrogen and oxygen atoms in total. The number of aromatic nitrogens is 2. The molecule has 0 aliphatic heterocycles. The van der Waals surface area contributed by atoms with E-state index in [1.807, 2.05) is 18.2 Å². The third-order valence-electron chi connectivity index (χ3n) is 4.19. The van der Waals surface area contributed by atoms with Gasteiger partial charge in [0.15, 0.2) is 0 Å². The summed E-state index contributed by atoms with van der Waals surface area (Å²) in [4.78, 5) is 12.8. The Balaban J connectivity index is 1.86. The minimum Gasteiger partial charge on any atom is -0.307 e. The number of carbonyl (C=O) groups is 1. The molecule has 1 aromatic heterocycles. The molecular formula is C19H18BrClN4O3S. The largest absolute Gasteiger partial charge is 0.307 e. The first-order chi connectivity index (χ1) is 13.7. The van der Waals surface area contributed by atoms with Gasteiger partial charge in [-0.2, -0.15) is 5.10 Å². The van der Waals surface area contributed by atoms with Gasteiger partial charge in [-0.3, -0.25) is 4.79 Å². The van der Waals surface area contributed by atoms with Crippen LogP contribution < -0.4 is 5.32 Å². The minimum absolute atomic E-state index is 0.0136. The van der Waals surface area contributed by atoms with Gasteiger partial charge in [-0.05, 0) is 45.8 Å². The second-order valence-electron chi connectivity index (χ2n) is 6.35. The number of sulfonamides is 1. The highest BCUT2D eigenvalue weighted by Crippen LogP contribution is 2.26. The van der Waals surface area contributed by atoms with Crippen molar-refractivity contribution in [1.29, 1.82) is 0 Å². The predicted molar refractivity (Wildman–Crippen MR) is 116 cm³/mol. The number of halogens is 2. The minimum atomic E-state index is -3.70. The molecule has 1 amide bonds. The molecule has 10 heteroatoms. The van der Waals surface area contributed by atoms with E-state index in [-0.39, 0.29) is 10.5 Å². The van der Waals surface area contributed by atoms with Gasteiger partial charge in [0.1, 0.15) is 5.82 Å². The Bertz CT molecular complexity index is 1160. The summed E-state index contributed by atoms with van der Waals surface area (Å²) in [5, 5.41) is 7.60. The maximum absolute atomic E-state index is 12.7. The van der Waals surface area contributed by atoms with Gasteiger partial charge in [0.2, 0.25) is 10.0 Å². The average molecular weight is 498 g/mol. The van der Waals surface area contributed by atoms with Crippen molar-refractivity contribution in [1.82, 2.24) is 14.1 Å². The maximum Gasteiger partial charge on any atom is 0.256 e. The van der Waals surface area contributed by atoms with Gasteiger partial charge in [0.05, 0.1) is 17.6 Å².